The smallest absolute Gasteiger partial charge is 0.480 e. The average molecular weight is 362 g/mol. The number of carbonyl (C=O) groups excluding carboxylic acids is 1. The highest BCUT2D eigenvalue weighted by Gasteiger charge is 2.13. The fourth-order valence-electron chi connectivity index (χ4n) is 1.25. The van der Waals surface area contributed by atoms with Crippen LogP contribution >= 0.6 is 15.9 Å². The highest BCUT2D eigenvalue weighted by atomic mass is 79.9. The molecular weight excluding hydrogens is 345 g/mol. The summed E-state index contributed by atoms with van der Waals surface area (Å²) in [7, 11) is -0.131. The van der Waals surface area contributed by atoms with Gasteiger partial charge in [-0.3, -0.25) is 14.9 Å². The van der Waals surface area contributed by atoms with Gasteiger partial charge >= 0.3 is 19.1 Å². The van der Waals surface area contributed by atoms with Crippen LogP contribution in [-0.4, -0.2) is 54.4 Å². The summed E-state index contributed by atoms with van der Waals surface area (Å²) in [5.74, 6) is -1.47. The number of ether oxygens (including phenoxy) is 1. The molecule has 7 nitrogen and oxygen atoms in total. The Morgan fingerprint density at radius 3 is 2.33 bits per heavy atom. The molecule has 0 atom stereocenters. The number of carbonyl (C=O) groups is 2. The van der Waals surface area contributed by atoms with Crippen molar-refractivity contribution in [2.75, 3.05) is 20.2 Å². The zero-order chi connectivity index (χ0) is 16.3. The summed E-state index contributed by atoms with van der Waals surface area (Å²) < 4.78 is 4.24. The number of esters is 1. The number of alkyl halides is 1. The molecule has 1 aromatic carbocycles. The second-order valence-electron chi connectivity index (χ2n) is 3.78. The quantitative estimate of drug-likeness (QED) is 0.294. The molecule has 0 unspecified atom stereocenters. The highest BCUT2D eigenvalue weighted by Crippen LogP contribution is 2.01. The maximum Gasteiger partial charge on any atom is 0.488 e. The first-order valence-corrected chi connectivity index (χ1v) is 7.03. The number of nitrogens with one attached hydrogen (secondary N) is 1. The number of carboxylic acid groups (broad SMARTS) is 1. The van der Waals surface area contributed by atoms with Crippen molar-refractivity contribution in [2.24, 2.45) is 0 Å². The van der Waals surface area contributed by atoms with Gasteiger partial charge in [0.25, 0.3) is 0 Å². The molecule has 1 rings (SSSR count). The number of aliphatic carboxylic acids is 1. The van der Waals surface area contributed by atoms with Crippen molar-refractivity contribution in [3.05, 3.63) is 29.8 Å². The van der Waals surface area contributed by atoms with Crippen LogP contribution in [0.4, 0.5) is 0 Å². The predicted octanol–water partition coefficient (Wildman–Crippen LogP) is -0.905. The summed E-state index contributed by atoms with van der Waals surface area (Å²) in [6.07, 6.45) is 0. The molecular formula is C12H17BBrNO6. The Morgan fingerprint density at radius 2 is 1.90 bits per heavy atom. The van der Waals surface area contributed by atoms with E-state index in [-0.39, 0.29) is 13.1 Å². The van der Waals surface area contributed by atoms with Crippen LogP contribution in [0, 0.1) is 0 Å². The first kappa shape index (κ1) is 19.6. The van der Waals surface area contributed by atoms with Crippen LogP contribution < -0.4 is 10.8 Å². The van der Waals surface area contributed by atoms with Gasteiger partial charge in [-0.1, -0.05) is 40.2 Å². The lowest BCUT2D eigenvalue weighted by Gasteiger charge is -2.03. The van der Waals surface area contributed by atoms with Gasteiger partial charge in [-0.05, 0) is 11.0 Å². The Morgan fingerprint density at radius 1 is 1.29 bits per heavy atom. The molecule has 0 bridgehead atoms. The van der Waals surface area contributed by atoms with Crippen molar-refractivity contribution in [3.63, 3.8) is 0 Å². The molecule has 0 amide bonds. The van der Waals surface area contributed by atoms with Crippen molar-refractivity contribution < 1.29 is 29.5 Å². The number of rotatable bonds is 6. The number of halogens is 1. The van der Waals surface area contributed by atoms with Gasteiger partial charge in [0.15, 0.2) is 0 Å². The van der Waals surface area contributed by atoms with Crippen molar-refractivity contribution in [2.45, 2.75) is 5.33 Å². The van der Waals surface area contributed by atoms with Crippen molar-refractivity contribution in [1.29, 1.82) is 0 Å². The summed E-state index contributed by atoms with van der Waals surface area (Å²) in [5.41, 5.74) is 1.46. The Hall–Kier alpha value is -1.42. The number of hydrogen-bond acceptors (Lipinski definition) is 6. The predicted molar refractivity (Wildman–Crippen MR) is 81.4 cm³/mol. The normalized spacial score (nSPS) is 9.33. The maximum atomic E-state index is 10.3. The molecule has 0 heterocycles. The molecule has 0 saturated heterocycles. The molecule has 0 aliphatic carbocycles. The van der Waals surface area contributed by atoms with E-state index in [2.05, 4.69) is 26.0 Å². The molecule has 0 aliphatic rings. The Bertz CT molecular complexity index is 457. The lowest BCUT2D eigenvalue weighted by molar-refractivity contribution is -0.140. The third-order valence-corrected chi connectivity index (χ3v) is 2.85. The third kappa shape index (κ3) is 9.19. The summed E-state index contributed by atoms with van der Waals surface area (Å²) in [6, 6.07) is 7.19. The van der Waals surface area contributed by atoms with Gasteiger partial charge in [0.1, 0.15) is 0 Å². The lowest BCUT2D eigenvalue weighted by atomic mass is 9.77. The molecule has 0 radical (unpaired) electrons. The number of methoxy groups -OCH3 is 1. The highest BCUT2D eigenvalue weighted by molar-refractivity contribution is 9.08. The summed E-state index contributed by atoms with van der Waals surface area (Å²) in [5, 5.41) is 28.8. The molecule has 0 aromatic heterocycles. The zero-order valence-corrected chi connectivity index (χ0v) is 13.0. The fourth-order valence-corrected chi connectivity index (χ4v) is 1.76. The first-order valence-electron chi connectivity index (χ1n) is 5.91. The monoisotopic (exact) mass is 361 g/mol. The SMILES string of the molecule is COC(=O)CNCC(=O)O.OB(O)c1ccccc1CBr. The molecule has 0 fully saturated rings. The second kappa shape index (κ2) is 11.3. The van der Waals surface area contributed by atoms with Gasteiger partial charge in [0.05, 0.1) is 20.2 Å². The fraction of sp³-hybridized carbons (Fsp3) is 0.333. The van der Waals surface area contributed by atoms with Gasteiger partial charge in [-0.25, -0.2) is 0 Å². The van der Waals surface area contributed by atoms with Crippen molar-refractivity contribution in [1.82, 2.24) is 5.32 Å². The Balaban J connectivity index is 0.000000384. The van der Waals surface area contributed by atoms with Crippen molar-refractivity contribution in [3.8, 4) is 0 Å². The van der Waals surface area contributed by atoms with Gasteiger partial charge in [-0.15, -0.1) is 0 Å². The van der Waals surface area contributed by atoms with E-state index in [1.54, 1.807) is 12.1 Å². The Kier molecular flexibility index (Phi) is 10.5. The van der Waals surface area contributed by atoms with Crippen LogP contribution in [0.25, 0.3) is 0 Å². The van der Waals surface area contributed by atoms with Crippen LogP contribution in [0.2, 0.25) is 0 Å². The number of hydrogen-bond donors (Lipinski definition) is 4. The van der Waals surface area contributed by atoms with E-state index in [4.69, 9.17) is 15.2 Å². The Labute approximate surface area is 131 Å². The van der Waals surface area contributed by atoms with E-state index >= 15 is 0 Å². The van der Waals surface area contributed by atoms with E-state index < -0.39 is 19.1 Å². The van der Waals surface area contributed by atoms with Crippen LogP contribution in [0.3, 0.4) is 0 Å². The van der Waals surface area contributed by atoms with Crippen LogP contribution in [0.1, 0.15) is 5.56 Å². The molecule has 116 valence electrons. The van der Waals surface area contributed by atoms with E-state index in [0.29, 0.717) is 10.8 Å². The minimum Gasteiger partial charge on any atom is -0.480 e. The second-order valence-corrected chi connectivity index (χ2v) is 4.34. The van der Waals surface area contributed by atoms with Crippen LogP contribution in [0.5, 0.6) is 0 Å². The first-order chi connectivity index (χ1) is 9.92. The maximum absolute atomic E-state index is 10.3. The summed E-state index contributed by atoms with van der Waals surface area (Å²) >= 11 is 3.25. The molecule has 0 aliphatic heterocycles. The van der Waals surface area contributed by atoms with E-state index in [1.807, 2.05) is 12.1 Å². The standard InChI is InChI=1S/C7H8BBrO2.C5H9NO4/c9-5-6-3-1-2-4-7(6)8(10)11;1-10-5(9)3-6-2-4(7)8/h1-4,10-11H,5H2;6H,2-3H2,1H3,(H,7,8). The van der Waals surface area contributed by atoms with Crippen LogP contribution in [0.15, 0.2) is 24.3 Å². The topological polar surface area (TPSA) is 116 Å². The lowest BCUT2D eigenvalue weighted by Crippen LogP contribution is -2.32. The van der Waals surface area contributed by atoms with Gasteiger partial charge in [-0.2, -0.15) is 0 Å². The molecule has 0 spiro atoms. The van der Waals surface area contributed by atoms with Gasteiger partial charge < -0.3 is 19.9 Å². The average Bonchev–Trinajstić information content (AvgIpc) is 2.47. The molecule has 1 aromatic rings. The van der Waals surface area contributed by atoms with Crippen LogP contribution in [-0.2, 0) is 19.7 Å². The summed E-state index contributed by atoms with van der Waals surface area (Å²) in [4.78, 5) is 20.2. The summed E-state index contributed by atoms with van der Waals surface area (Å²) in [6.45, 7) is -0.294. The molecule has 21 heavy (non-hydrogen) atoms. The van der Waals surface area contributed by atoms with E-state index in [9.17, 15) is 9.59 Å². The number of carboxylic acids is 1. The van der Waals surface area contributed by atoms with E-state index in [0.717, 1.165) is 5.56 Å². The van der Waals surface area contributed by atoms with Gasteiger partial charge in [0, 0.05) is 5.33 Å². The zero-order valence-electron chi connectivity index (χ0n) is 11.5. The third-order valence-electron chi connectivity index (χ3n) is 2.25. The van der Waals surface area contributed by atoms with Crippen molar-refractivity contribution >= 4 is 40.4 Å². The largest absolute Gasteiger partial charge is 0.488 e. The molecule has 0 saturated carbocycles. The van der Waals surface area contributed by atoms with E-state index in [1.165, 1.54) is 7.11 Å². The molecule has 9 heteroatoms. The minimum absolute atomic E-state index is 0.0667. The molecule has 4 N–H and O–H groups in total. The minimum atomic E-state index is -1.37. The van der Waals surface area contributed by atoms with Gasteiger partial charge in [0.2, 0.25) is 0 Å². The number of benzene rings is 1.